The molecule has 2 aromatic carbocycles. The average molecular weight is 453 g/mol. The van der Waals surface area contributed by atoms with Crippen molar-refractivity contribution in [1.82, 2.24) is 9.69 Å². The van der Waals surface area contributed by atoms with Crippen molar-refractivity contribution < 1.29 is 18.7 Å². The Morgan fingerprint density at radius 1 is 1.10 bits per heavy atom. The number of rotatable bonds is 7. The summed E-state index contributed by atoms with van der Waals surface area (Å²) in [4.78, 5) is 25.2. The molecule has 150 valence electrons. The van der Waals surface area contributed by atoms with Crippen LogP contribution < -0.4 is 5.32 Å². The Hall–Kier alpha value is -2.48. The maximum Gasteiger partial charge on any atom is 0.360 e. The summed E-state index contributed by atoms with van der Waals surface area (Å²) < 4.78 is 23.5. The molecule has 1 unspecified atom stereocenters. The molecular formula is C20H15Cl2FN2O3S. The van der Waals surface area contributed by atoms with Crippen molar-refractivity contribution in [2.24, 2.45) is 0 Å². The van der Waals surface area contributed by atoms with Gasteiger partial charge in [0.05, 0.1) is 0 Å². The lowest BCUT2D eigenvalue weighted by Crippen LogP contribution is -2.34. The van der Waals surface area contributed by atoms with Gasteiger partial charge in [-0.15, -0.1) is 0 Å². The van der Waals surface area contributed by atoms with Gasteiger partial charge in [-0.1, -0.05) is 71.7 Å². The van der Waals surface area contributed by atoms with Gasteiger partial charge in [0, 0.05) is 12.1 Å². The van der Waals surface area contributed by atoms with E-state index >= 15 is 0 Å². The number of hydrogen-bond acceptors (Lipinski definition) is 5. The molecule has 0 spiro atoms. The van der Waals surface area contributed by atoms with Gasteiger partial charge < -0.3 is 10.1 Å². The number of hydrogen-bond donors (Lipinski definition) is 1. The lowest BCUT2D eigenvalue weighted by molar-refractivity contribution is -0.130. The third-order valence-electron chi connectivity index (χ3n) is 4.00. The predicted molar refractivity (Wildman–Crippen MR) is 110 cm³/mol. The molecule has 0 radical (unpaired) electrons. The molecule has 0 fully saturated rings. The van der Waals surface area contributed by atoms with Gasteiger partial charge in [0.1, 0.15) is 15.2 Å². The van der Waals surface area contributed by atoms with Gasteiger partial charge in [-0.2, -0.15) is 4.37 Å². The highest BCUT2D eigenvalue weighted by Gasteiger charge is 2.30. The van der Waals surface area contributed by atoms with Crippen molar-refractivity contribution in [2.45, 2.75) is 12.5 Å². The van der Waals surface area contributed by atoms with E-state index in [1.54, 1.807) is 6.07 Å². The van der Waals surface area contributed by atoms with Crippen LogP contribution in [-0.2, 0) is 16.0 Å². The molecule has 5 nitrogen and oxygen atoms in total. The zero-order valence-corrected chi connectivity index (χ0v) is 17.2. The smallest absolute Gasteiger partial charge is 0.360 e. The highest BCUT2D eigenvalue weighted by molar-refractivity contribution is 7.11. The van der Waals surface area contributed by atoms with E-state index in [2.05, 4.69) is 9.69 Å². The topological polar surface area (TPSA) is 68.3 Å². The number of aromatic nitrogens is 1. The summed E-state index contributed by atoms with van der Waals surface area (Å²) in [5.74, 6) is -2.30. The number of carbonyl (C=O) groups excluding carboxylic acids is 2. The first kappa shape index (κ1) is 21.2. The maximum atomic E-state index is 14.3. The molecule has 0 aliphatic rings. The van der Waals surface area contributed by atoms with Crippen LogP contribution in [0, 0.1) is 5.82 Å². The highest BCUT2D eigenvalue weighted by atomic mass is 35.5. The van der Waals surface area contributed by atoms with Gasteiger partial charge in [0.15, 0.2) is 5.69 Å². The van der Waals surface area contributed by atoms with Gasteiger partial charge in [-0.05, 0) is 29.6 Å². The van der Waals surface area contributed by atoms with Crippen LogP contribution >= 0.6 is 34.7 Å². The minimum Gasteiger partial charge on any atom is -0.442 e. The van der Waals surface area contributed by atoms with Crippen LogP contribution in [0.25, 0.3) is 0 Å². The molecule has 1 N–H and O–H groups in total. The Bertz CT molecular complexity index is 1010. The molecule has 0 saturated carbocycles. The second kappa shape index (κ2) is 9.82. The lowest BCUT2D eigenvalue weighted by Gasteiger charge is -2.18. The van der Waals surface area contributed by atoms with E-state index in [0.717, 1.165) is 17.1 Å². The van der Waals surface area contributed by atoms with E-state index in [0.29, 0.717) is 6.42 Å². The molecule has 0 saturated heterocycles. The number of benzene rings is 2. The summed E-state index contributed by atoms with van der Waals surface area (Å²) in [6.07, 6.45) is -0.936. The zero-order valence-electron chi connectivity index (χ0n) is 14.9. The van der Waals surface area contributed by atoms with Crippen molar-refractivity contribution in [3.63, 3.8) is 0 Å². The molecule has 9 heteroatoms. The summed E-state index contributed by atoms with van der Waals surface area (Å²) in [5.41, 5.74) is 0.728. The van der Waals surface area contributed by atoms with Gasteiger partial charge in [-0.25, -0.2) is 9.18 Å². The Morgan fingerprint density at radius 3 is 2.45 bits per heavy atom. The van der Waals surface area contributed by atoms with Crippen molar-refractivity contribution in [2.75, 3.05) is 6.54 Å². The Kier molecular flexibility index (Phi) is 7.19. The molecule has 0 aliphatic heterocycles. The Morgan fingerprint density at radius 2 is 1.79 bits per heavy atom. The minimum atomic E-state index is -1.50. The van der Waals surface area contributed by atoms with E-state index in [1.165, 1.54) is 18.2 Å². The number of esters is 1. The third-order valence-corrected chi connectivity index (χ3v) is 5.61. The Balaban J connectivity index is 1.76. The van der Waals surface area contributed by atoms with E-state index in [1.807, 2.05) is 30.3 Å². The second-order valence-electron chi connectivity index (χ2n) is 5.95. The zero-order chi connectivity index (χ0) is 20.8. The molecule has 29 heavy (non-hydrogen) atoms. The van der Waals surface area contributed by atoms with E-state index < -0.39 is 23.8 Å². The summed E-state index contributed by atoms with van der Waals surface area (Å²) in [7, 11) is 0. The quantitative estimate of drug-likeness (QED) is 0.520. The third kappa shape index (κ3) is 5.32. The van der Waals surface area contributed by atoms with Crippen molar-refractivity contribution in [1.29, 1.82) is 0 Å². The minimum absolute atomic E-state index is 0.0709. The SMILES string of the molecule is O=C(OC(C(=O)NCCc1ccccc1)c1ccccc1F)c1nsc(Cl)c1Cl. The van der Waals surface area contributed by atoms with Gasteiger partial charge in [0.2, 0.25) is 6.10 Å². The summed E-state index contributed by atoms with van der Waals surface area (Å²) >= 11 is 12.6. The fraction of sp³-hybridized carbons (Fsp3) is 0.150. The number of nitrogens with zero attached hydrogens (tertiary/aromatic N) is 1. The number of ether oxygens (including phenoxy) is 1. The molecular weight excluding hydrogens is 438 g/mol. The van der Waals surface area contributed by atoms with Crippen molar-refractivity contribution in [3.05, 3.63) is 86.6 Å². The van der Waals surface area contributed by atoms with Crippen molar-refractivity contribution in [3.8, 4) is 0 Å². The average Bonchev–Trinajstić information content (AvgIpc) is 3.06. The number of carbonyl (C=O) groups is 2. The molecule has 1 atom stereocenters. The maximum absolute atomic E-state index is 14.3. The largest absolute Gasteiger partial charge is 0.442 e. The van der Waals surface area contributed by atoms with Gasteiger partial charge in [0.25, 0.3) is 5.91 Å². The van der Waals surface area contributed by atoms with E-state index in [4.69, 9.17) is 27.9 Å². The molecule has 0 aliphatic carbocycles. The molecule has 0 bridgehead atoms. The summed E-state index contributed by atoms with van der Waals surface area (Å²) in [5, 5.41) is 2.60. The highest BCUT2D eigenvalue weighted by Crippen LogP contribution is 2.31. The van der Waals surface area contributed by atoms with E-state index in [9.17, 15) is 14.0 Å². The normalized spacial score (nSPS) is 11.7. The lowest BCUT2D eigenvalue weighted by atomic mass is 10.1. The number of halogens is 3. The van der Waals surface area contributed by atoms with Crippen LogP contribution in [0.2, 0.25) is 9.36 Å². The molecule has 1 amide bonds. The molecule has 1 aromatic heterocycles. The number of amides is 1. The van der Waals surface area contributed by atoms with Crippen LogP contribution in [0.1, 0.15) is 27.7 Å². The predicted octanol–water partition coefficient (Wildman–Crippen LogP) is 4.85. The fourth-order valence-corrected chi connectivity index (χ4v) is 3.54. The van der Waals surface area contributed by atoms with Crippen LogP contribution in [-0.4, -0.2) is 22.8 Å². The van der Waals surface area contributed by atoms with Crippen LogP contribution in [0.3, 0.4) is 0 Å². The van der Waals surface area contributed by atoms with Gasteiger partial charge in [-0.3, -0.25) is 4.79 Å². The number of nitrogens with one attached hydrogen (secondary N) is 1. The monoisotopic (exact) mass is 452 g/mol. The van der Waals surface area contributed by atoms with Crippen LogP contribution in [0.15, 0.2) is 54.6 Å². The van der Waals surface area contributed by atoms with Crippen molar-refractivity contribution >= 4 is 46.6 Å². The Labute approximate surface area is 180 Å². The van der Waals surface area contributed by atoms with Crippen LogP contribution in [0.4, 0.5) is 4.39 Å². The van der Waals surface area contributed by atoms with E-state index in [-0.39, 0.29) is 27.2 Å². The summed E-state index contributed by atoms with van der Waals surface area (Å²) in [6.45, 7) is 0.286. The first-order valence-electron chi connectivity index (χ1n) is 8.55. The first-order valence-corrected chi connectivity index (χ1v) is 10.1. The van der Waals surface area contributed by atoms with Crippen LogP contribution in [0.5, 0.6) is 0 Å². The van der Waals surface area contributed by atoms with Gasteiger partial charge >= 0.3 is 5.97 Å². The fourth-order valence-electron chi connectivity index (χ4n) is 2.56. The first-order chi connectivity index (χ1) is 14.0. The summed E-state index contributed by atoms with van der Waals surface area (Å²) in [6, 6.07) is 15.1. The second-order valence-corrected chi connectivity index (χ2v) is 7.71. The standard InChI is InChI=1S/C20H15Cl2FN2O3S/c21-15-16(25-29-18(15)22)20(27)28-17(13-8-4-5-9-14(13)23)19(26)24-11-10-12-6-2-1-3-7-12/h1-9,17H,10-11H2,(H,24,26). The molecule has 3 aromatic rings. The molecule has 1 heterocycles. The molecule has 3 rings (SSSR count).